The number of benzene rings is 3. The van der Waals surface area contributed by atoms with Crippen LogP contribution in [0, 0.1) is 6.92 Å². The number of ether oxygens (including phenoxy) is 1. The number of esters is 1. The molecule has 0 aliphatic carbocycles. The number of nitrogens with zero attached hydrogens (tertiary/aromatic N) is 1. The molecule has 0 radical (unpaired) electrons. The van der Waals surface area contributed by atoms with Gasteiger partial charge in [0, 0.05) is 18.4 Å². The number of hydrogen-bond donors (Lipinski definition) is 2. The fourth-order valence-corrected chi connectivity index (χ4v) is 3.08. The lowest BCUT2D eigenvalue weighted by molar-refractivity contribution is -0.114. The molecule has 0 aliphatic heterocycles. The Morgan fingerprint density at radius 1 is 0.933 bits per heavy atom. The van der Waals surface area contributed by atoms with E-state index in [9.17, 15) is 9.59 Å². The lowest BCUT2D eigenvalue weighted by Gasteiger charge is -2.23. The van der Waals surface area contributed by atoms with Crippen molar-refractivity contribution in [2.75, 3.05) is 36.2 Å². The number of amides is 1. The highest BCUT2D eigenvalue weighted by Crippen LogP contribution is 2.30. The molecule has 3 aromatic rings. The van der Waals surface area contributed by atoms with Crippen LogP contribution in [0.1, 0.15) is 15.9 Å². The van der Waals surface area contributed by atoms with Crippen molar-refractivity contribution in [2.45, 2.75) is 6.92 Å². The van der Waals surface area contributed by atoms with Gasteiger partial charge in [-0.1, -0.05) is 36.4 Å². The smallest absolute Gasteiger partial charge is 0.337 e. The van der Waals surface area contributed by atoms with E-state index in [1.54, 1.807) is 18.2 Å². The first-order chi connectivity index (χ1) is 14.5. The van der Waals surface area contributed by atoms with Crippen LogP contribution in [-0.4, -0.2) is 32.6 Å². The number of carbonyl (C=O) groups is 2. The minimum Gasteiger partial charge on any atom is -0.465 e. The molecular weight excluding hydrogens is 378 g/mol. The predicted molar refractivity (Wildman–Crippen MR) is 121 cm³/mol. The molecule has 0 aliphatic rings. The summed E-state index contributed by atoms with van der Waals surface area (Å²) >= 11 is 0. The average molecular weight is 403 g/mol. The third-order valence-electron chi connectivity index (χ3n) is 4.78. The highest BCUT2D eigenvalue weighted by atomic mass is 16.5. The summed E-state index contributed by atoms with van der Waals surface area (Å²) in [5.41, 5.74) is 4.69. The lowest BCUT2D eigenvalue weighted by Crippen LogP contribution is -2.23. The van der Waals surface area contributed by atoms with Gasteiger partial charge in [-0.05, 0) is 48.9 Å². The van der Waals surface area contributed by atoms with Gasteiger partial charge in [0.05, 0.1) is 30.6 Å². The third-order valence-corrected chi connectivity index (χ3v) is 4.78. The lowest BCUT2D eigenvalue weighted by atomic mass is 10.1. The average Bonchev–Trinajstić information content (AvgIpc) is 2.79. The molecule has 0 aromatic heterocycles. The number of para-hydroxylation sites is 3. The zero-order valence-electron chi connectivity index (χ0n) is 17.3. The standard InChI is InChI=1S/C24H25N3O3/c1-17-13-14-18(24(29)30-3)15-21(17)26-23(28)16-25-20-11-7-8-12-22(20)27(2)19-9-5-4-6-10-19/h4-15,25H,16H2,1-3H3,(H,26,28). The molecule has 3 aromatic carbocycles. The SMILES string of the molecule is COC(=O)c1ccc(C)c(NC(=O)CNc2ccccc2N(C)c2ccccc2)c1. The second-order valence-corrected chi connectivity index (χ2v) is 6.83. The van der Waals surface area contributed by atoms with Crippen molar-refractivity contribution in [1.82, 2.24) is 0 Å². The van der Waals surface area contributed by atoms with Crippen molar-refractivity contribution in [3.8, 4) is 0 Å². The number of nitrogens with one attached hydrogen (secondary N) is 2. The number of anilines is 4. The van der Waals surface area contributed by atoms with Crippen LogP contribution in [0.5, 0.6) is 0 Å². The first kappa shape index (κ1) is 20.9. The summed E-state index contributed by atoms with van der Waals surface area (Å²) in [6.45, 7) is 1.95. The van der Waals surface area contributed by atoms with Gasteiger partial charge in [0.15, 0.2) is 0 Å². The van der Waals surface area contributed by atoms with E-state index in [0.29, 0.717) is 11.3 Å². The van der Waals surface area contributed by atoms with Crippen molar-refractivity contribution >= 4 is 34.6 Å². The van der Waals surface area contributed by atoms with Crippen LogP contribution in [0.2, 0.25) is 0 Å². The number of methoxy groups -OCH3 is 1. The van der Waals surface area contributed by atoms with Crippen molar-refractivity contribution in [3.63, 3.8) is 0 Å². The number of rotatable bonds is 7. The maximum absolute atomic E-state index is 12.5. The Morgan fingerprint density at radius 3 is 2.37 bits per heavy atom. The summed E-state index contributed by atoms with van der Waals surface area (Å²) < 4.78 is 4.74. The maximum Gasteiger partial charge on any atom is 0.337 e. The van der Waals surface area contributed by atoms with Gasteiger partial charge in [-0.2, -0.15) is 0 Å². The highest BCUT2D eigenvalue weighted by molar-refractivity contribution is 5.97. The van der Waals surface area contributed by atoms with E-state index < -0.39 is 5.97 Å². The van der Waals surface area contributed by atoms with Gasteiger partial charge >= 0.3 is 5.97 Å². The first-order valence-electron chi connectivity index (χ1n) is 9.60. The Hall–Kier alpha value is -3.80. The highest BCUT2D eigenvalue weighted by Gasteiger charge is 2.12. The molecule has 0 atom stereocenters. The molecule has 0 spiro atoms. The Balaban J connectivity index is 1.70. The number of aryl methyl sites for hydroxylation is 1. The minimum atomic E-state index is -0.443. The monoisotopic (exact) mass is 403 g/mol. The molecule has 6 nitrogen and oxygen atoms in total. The largest absolute Gasteiger partial charge is 0.465 e. The van der Waals surface area contributed by atoms with Gasteiger partial charge < -0.3 is 20.3 Å². The van der Waals surface area contributed by atoms with Crippen LogP contribution >= 0.6 is 0 Å². The second-order valence-electron chi connectivity index (χ2n) is 6.83. The maximum atomic E-state index is 12.5. The van der Waals surface area contributed by atoms with Crippen LogP contribution < -0.4 is 15.5 Å². The normalized spacial score (nSPS) is 10.2. The molecule has 0 unspecified atom stereocenters. The molecule has 0 heterocycles. The van der Waals surface area contributed by atoms with Crippen LogP contribution in [0.4, 0.5) is 22.7 Å². The Morgan fingerprint density at radius 2 is 1.63 bits per heavy atom. The molecule has 30 heavy (non-hydrogen) atoms. The Labute approximate surface area is 176 Å². The van der Waals surface area contributed by atoms with Gasteiger partial charge in [-0.3, -0.25) is 4.79 Å². The first-order valence-corrected chi connectivity index (χ1v) is 9.60. The molecule has 154 valence electrons. The topological polar surface area (TPSA) is 70.7 Å². The summed E-state index contributed by atoms with van der Waals surface area (Å²) in [5, 5.41) is 6.06. The molecular formula is C24H25N3O3. The van der Waals surface area contributed by atoms with E-state index in [0.717, 1.165) is 22.6 Å². The second kappa shape index (κ2) is 9.60. The van der Waals surface area contributed by atoms with Crippen LogP contribution in [0.25, 0.3) is 0 Å². The predicted octanol–water partition coefficient (Wildman–Crippen LogP) is 4.60. The van der Waals surface area contributed by atoms with Gasteiger partial charge in [0.1, 0.15) is 0 Å². The van der Waals surface area contributed by atoms with E-state index in [2.05, 4.69) is 15.5 Å². The van der Waals surface area contributed by atoms with Gasteiger partial charge in [0.2, 0.25) is 5.91 Å². The van der Waals surface area contributed by atoms with E-state index >= 15 is 0 Å². The Bertz CT molecular complexity index is 1030. The van der Waals surface area contributed by atoms with E-state index in [1.807, 2.05) is 68.6 Å². The van der Waals surface area contributed by atoms with E-state index in [-0.39, 0.29) is 12.5 Å². The van der Waals surface area contributed by atoms with E-state index in [4.69, 9.17) is 4.74 Å². The summed E-state index contributed by atoms with van der Waals surface area (Å²) in [6.07, 6.45) is 0. The fourth-order valence-electron chi connectivity index (χ4n) is 3.08. The van der Waals surface area contributed by atoms with E-state index in [1.165, 1.54) is 7.11 Å². The van der Waals surface area contributed by atoms with Gasteiger partial charge in [0.25, 0.3) is 0 Å². The molecule has 1 amide bonds. The Kier molecular flexibility index (Phi) is 6.70. The molecule has 6 heteroatoms. The van der Waals surface area contributed by atoms with Gasteiger partial charge in [-0.15, -0.1) is 0 Å². The van der Waals surface area contributed by atoms with Crippen LogP contribution in [0.3, 0.4) is 0 Å². The molecule has 0 saturated heterocycles. The van der Waals surface area contributed by atoms with Crippen LogP contribution in [-0.2, 0) is 9.53 Å². The van der Waals surface area contributed by atoms with Crippen LogP contribution in [0.15, 0.2) is 72.8 Å². The quantitative estimate of drug-likeness (QED) is 0.564. The van der Waals surface area contributed by atoms with Crippen molar-refractivity contribution in [2.24, 2.45) is 0 Å². The summed E-state index contributed by atoms with van der Waals surface area (Å²) in [6, 6.07) is 22.9. The molecule has 0 fully saturated rings. The molecule has 0 bridgehead atoms. The van der Waals surface area contributed by atoms with Gasteiger partial charge in [-0.25, -0.2) is 4.79 Å². The summed E-state index contributed by atoms with van der Waals surface area (Å²) in [5.74, 6) is -0.654. The fraction of sp³-hybridized carbons (Fsp3) is 0.167. The third kappa shape index (κ3) is 4.97. The zero-order chi connectivity index (χ0) is 21.5. The number of hydrogen-bond acceptors (Lipinski definition) is 5. The van der Waals surface area contributed by atoms with Crippen molar-refractivity contribution in [3.05, 3.63) is 83.9 Å². The van der Waals surface area contributed by atoms with Crippen molar-refractivity contribution < 1.29 is 14.3 Å². The molecule has 3 rings (SSSR count). The molecule has 2 N–H and O–H groups in total. The van der Waals surface area contributed by atoms with Crippen molar-refractivity contribution in [1.29, 1.82) is 0 Å². The summed E-state index contributed by atoms with van der Waals surface area (Å²) in [4.78, 5) is 26.3. The summed E-state index contributed by atoms with van der Waals surface area (Å²) in [7, 11) is 3.31. The minimum absolute atomic E-state index is 0.0849. The number of carbonyl (C=O) groups excluding carboxylic acids is 2. The molecule has 0 saturated carbocycles. The zero-order valence-corrected chi connectivity index (χ0v) is 17.3.